The average molecular weight is 407 g/mol. The zero-order valence-electron chi connectivity index (χ0n) is 15.6. The molecule has 2 aromatic heterocycles. The van der Waals surface area contributed by atoms with Gasteiger partial charge in [0.15, 0.2) is 5.65 Å². The summed E-state index contributed by atoms with van der Waals surface area (Å²) in [6.45, 7) is 2.25. The number of amidine groups is 1. The Morgan fingerprint density at radius 1 is 1.17 bits per heavy atom. The van der Waals surface area contributed by atoms with Gasteiger partial charge in [0.2, 0.25) is 0 Å². The molecule has 154 valence electrons. The summed E-state index contributed by atoms with van der Waals surface area (Å²) in [6.07, 6.45) is 1.03. The van der Waals surface area contributed by atoms with E-state index in [-0.39, 0.29) is 29.5 Å². The molecule has 0 fully saturated rings. The predicted molar refractivity (Wildman–Crippen MR) is 101 cm³/mol. The number of nitrogen functional groups attached to an aromatic ring is 1. The first-order valence-corrected chi connectivity index (χ1v) is 8.01. The number of rotatable bonds is 3. The molecule has 0 unspecified atom stereocenters. The Hall–Kier alpha value is -3.89. The summed E-state index contributed by atoms with van der Waals surface area (Å²) < 4.78 is 28.4. The molecular formula is C18H19F2N5O4. The van der Waals surface area contributed by atoms with Crippen molar-refractivity contribution in [2.75, 3.05) is 0 Å². The molecule has 0 aliphatic heterocycles. The van der Waals surface area contributed by atoms with Gasteiger partial charge in [-0.2, -0.15) is 5.10 Å². The molecule has 0 aliphatic rings. The number of hydrogen-bond donors (Lipinski definition) is 4. The van der Waals surface area contributed by atoms with Crippen molar-refractivity contribution >= 4 is 28.8 Å². The normalized spacial score (nSPS) is 9.66. The van der Waals surface area contributed by atoms with Crippen LogP contribution in [0.25, 0.3) is 11.0 Å². The molecule has 9 nitrogen and oxygen atoms in total. The first-order chi connectivity index (χ1) is 13.5. The number of nitrogens with two attached hydrogens (primary N) is 1. The SMILES string of the molecule is CC(=O)O.CC(=O)O.N=C(N)c1c2cc(F)cnc2nn1Cc1ccccc1F. The molecule has 29 heavy (non-hydrogen) atoms. The lowest BCUT2D eigenvalue weighted by Crippen LogP contribution is -2.19. The van der Waals surface area contributed by atoms with Crippen LogP contribution >= 0.6 is 0 Å². The summed E-state index contributed by atoms with van der Waals surface area (Å²) >= 11 is 0. The molecular weight excluding hydrogens is 388 g/mol. The van der Waals surface area contributed by atoms with Gasteiger partial charge < -0.3 is 15.9 Å². The minimum absolute atomic E-state index is 0.0829. The average Bonchev–Trinajstić information content (AvgIpc) is 2.93. The molecule has 1 aromatic carbocycles. The van der Waals surface area contributed by atoms with Crippen LogP contribution in [0.4, 0.5) is 8.78 Å². The van der Waals surface area contributed by atoms with Crippen molar-refractivity contribution in [1.82, 2.24) is 14.8 Å². The first kappa shape index (κ1) is 23.1. The fourth-order valence-electron chi connectivity index (χ4n) is 2.18. The highest BCUT2D eigenvalue weighted by atomic mass is 19.1. The van der Waals surface area contributed by atoms with Crippen molar-refractivity contribution in [3.8, 4) is 0 Å². The first-order valence-electron chi connectivity index (χ1n) is 8.01. The van der Waals surface area contributed by atoms with Gasteiger partial charge >= 0.3 is 0 Å². The van der Waals surface area contributed by atoms with Gasteiger partial charge in [-0.3, -0.25) is 19.7 Å². The number of aromatic nitrogens is 3. The van der Waals surface area contributed by atoms with E-state index >= 15 is 0 Å². The van der Waals surface area contributed by atoms with Gasteiger partial charge in [0.05, 0.1) is 18.1 Å². The molecule has 0 spiro atoms. The quantitative estimate of drug-likeness (QED) is 0.383. The third-order valence-corrected chi connectivity index (χ3v) is 3.10. The second-order valence-electron chi connectivity index (χ2n) is 5.57. The predicted octanol–water partition coefficient (Wildman–Crippen LogP) is 2.22. The Morgan fingerprint density at radius 3 is 2.24 bits per heavy atom. The van der Waals surface area contributed by atoms with E-state index in [1.165, 1.54) is 16.8 Å². The lowest BCUT2D eigenvalue weighted by Gasteiger charge is -2.07. The molecule has 0 amide bonds. The van der Waals surface area contributed by atoms with Crippen LogP contribution in [0, 0.1) is 17.0 Å². The lowest BCUT2D eigenvalue weighted by molar-refractivity contribution is -0.135. The number of carbonyl (C=O) groups is 2. The monoisotopic (exact) mass is 407 g/mol. The number of carboxylic acid groups (broad SMARTS) is 2. The summed E-state index contributed by atoms with van der Waals surface area (Å²) in [5, 5.41) is 27.0. The number of halogens is 2. The van der Waals surface area contributed by atoms with Crippen molar-refractivity contribution in [3.63, 3.8) is 0 Å². The number of nitrogens with zero attached hydrogens (tertiary/aromatic N) is 3. The van der Waals surface area contributed by atoms with Gasteiger partial charge in [-0.25, -0.2) is 13.8 Å². The minimum atomic E-state index is -0.833. The largest absolute Gasteiger partial charge is 0.481 e. The van der Waals surface area contributed by atoms with Crippen LogP contribution in [-0.4, -0.2) is 42.8 Å². The maximum atomic E-state index is 13.7. The highest BCUT2D eigenvalue weighted by molar-refractivity contribution is 6.04. The summed E-state index contributed by atoms with van der Waals surface area (Å²) in [7, 11) is 0. The van der Waals surface area contributed by atoms with E-state index in [0.717, 1.165) is 20.0 Å². The second-order valence-corrected chi connectivity index (χ2v) is 5.57. The van der Waals surface area contributed by atoms with E-state index < -0.39 is 17.8 Å². The standard InChI is InChI=1S/C14H11F2N5.2C2H4O2/c15-9-5-10-12(13(17)18)21(20-14(10)19-6-9)7-8-3-1-2-4-11(8)16;2*1-2(3)4/h1-6H,7H2,(H3,17,18);2*1H3,(H,3,4). The fourth-order valence-corrected chi connectivity index (χ4v) is 2.18. The smallest absolute Gasteiger partial charge is 0.300 e. The van der Waals surface area contributed by atoms with Crippen molar-refractivity contribution in [3.05, 3.63) is 59.4 Å². The van der Waals surface area contributed by atoms with Gasteiger partial charge in [-0.15, -0.1) is 0 Å². The molecule has 2 heterocycles. The van der Waals surface area contributed by atoms with Crippen LogP contribution in [0.3, 0.4) is 0 Å². The van der Waals surface area contributed by atoms with Crippen LogP contribution in [0.5, 0.6) is 0 Å². The lowest BCUT2D eigenvalue weighted by atomic mass is 10.2. The van der Waals surface area contributed by atoms with Gasteiger partial charge in [-0.05, 0) is 12.1 Å². The zero-order valence-corrected chi connectivity index (χ0v) is 15.6. The van der Waals surface area contributed by atoms with Crippen molar-refractivity contribution < 1.29 is 28.6 Å². The molecule has 0 atom stereocenters. The Labute approximate surface area is 163 Å². The molecule has 0 radical (unpaired) electrons. The number of pyridine rings is 1. The third-order valence-electron chi connectivity index (χ3n) is 3.10. The van der Waals surface area contributed by atoms with Gasteiger partial charge in [0, 0.05) is 19.4 Å². The van der Waals surface area contributed by atoms with Crippen LogP contribution in [0.15, 0.2) is 36.5 Å². The van der Waals surface area contributed by atoms with E-state index in [1.807, 2.05) is 0 Å². The second kappa shape index (κ2) is 10.4. The highest BCUT2D eigenvalue weighted by Gasteiger charge is 2.16. The molecule has 0 saturated carbocycles. The Bertz CT molecular complexity index is 1020. The number of benzene rings is 1. The number of nitrogens with one attached hydrogen (secondary N) is 1. The van der Waals surface area contributed by atoms with E-state index in [9.17, 15) is 8.78 Å². The van der Waals surface area contributed by atoms with Gasteiger partial charge in [0.25, 0.3) is 11.9 Å². The summed E-state index contributed by atoms with van der Waals surface area (Å²) in [6, 6.07) is 7.45. The third kappa shape index (κ3) is 7.33. The van der Waals surface area contributed by atoms with Crippen LogP contribution in [0.1, 0.15) is 25.1 Å². The minimum Gasteiger partial charge on any atom is -0.481 e. The molecule has 3 rings (SSSR count). The van der Waals surface area contributed by atoms with E-state index in [2.05, 4.69) is 10.1 Å². The number of aliphatic carboxylic acids is 2. The number of carboxylic acids is 2. The maximum absolute atomic E-state index is 13.7. The number of hydrogen-bond acceptors (Lipinski definition) is 5. The number of fused-ring (bicyclic) bond motifs is 1. The fraction of sp³-hybridized carbons (Fsp3) is 0.167. The Kier molecular flexibility index (Phi) is 8.34. The molecule has 11 heteroatoms. The molecule has 0 bridgehead atoms. The van der Waals surface area contributed by atoms with Crippen molar-refractivity contribution in [2.24, 2.45) is 5.73 Å². The van der Waals surface area contributed by atoms with E-state index in [0.29, 0.717) is 10.9 Å². The molecule has 0 saturated heterocycles. The van der Waals surface area contributed by atoms with E-state index in [1.54, 1.807) is 18.2 Å². The van der Waals surface area contributed by atoms with Gasteiger partial charge in [-0.1, -0.05) is 18.2 Å². The highest BCUT2D eigenvalue weighted by Crippen LogP contribution is 2.19. The summed E-state index contributed by atoms with van der Waals surface area (Å²) in [5.41, 5.74) is 6.43. The van der Waals surface area contributed by atoms with Crippen molar-refractivity contribution in [1.29, 1.82) is 5.41 Å². The summed E-state index contributed by atoms with van der Waals surface area (Å²) in [5.74, 6) is -2.87. The summed E-state index contributed by atoms with van der Waals surface area (Å²) in [4.78, 5) is 21.9. The Balaban J connectivity index is 0.000000452. The van der Waals surface area contributed by atoms with Crippen LogP contribution in [-0.2, 0) is 16.1 Å². The molecule has 5 N–H and O–H groups in total. The molecule has 0 aliphatic carbocycles. The van der Waals surface area contributed by atoms with Crippen LogP contribution < -0.4 is 5.73 Å². The van der Waals surface area contributed by atoms with E-state index in [4.69, 9.17) is 30.9 Å². The van der Waals surface area contributed by atoms with Crippen LogP contribution in [0.2, 0.25) is 0 Å². The topological polar surface area (TPSA) is 155 Å². The Morgan fingerprint density at radius 2 is 1.72 bits per heavy atom. The van der Waals surface area contributed by atoms with Crippen molar-refractivity contribution in [2.45, 2.75) is 20.4 Å². The maximum Gasteiger partial charge on any atom is 0.300 e. The molecule has 3 aromatic rings. The zero-order chi connectivity index (χ0) is 22.1. The van der Waals surface area contributed by atoms with Gasteiger partial charge in [0.1, 0.15) is 23.2 Å².